The first-order valence-corrected chi connectivity index (χ1v) is 8.89. The van der Waals surface area contributed by atoms with E-state index in [-0.39, 0.29) is 12.1 Å². The third-order valence-electron chi connectivity index (χ3n) is 4.07. The molecule has 7 heteroatoms. The molecule has 27 heavy (non-hydrogen) atoms. The van der Waals surface area contributed by atoms with Crippen LogP contribution in [-0.4, -0.2) is 35.5 Å². The standard InChI is InChI=1S/C20H24N4O3/c1-15-13-16(2)24(23-15)18(19-9-6-11-27-19)14-22-20(25)21-10-12-26-17-7-4-3-5-8-17/h3-9,11,13,18H,10,12,14H2,1-2H3,(H2,21,22,25)/t18-/m0/s1. The Morgan fingerprint density at radius 2 is 2.00 bits per heavy atom. The van der Waals surface area contributed by atoms with E-state index in [0.717, 1.165) is 22.9 Å². The van der Waals surface area contributed by atoms with Crippen LogP contribution in [0.15, 0.2) is 59.2 Å². The largest absolute Gasteiger partial charge is 0.492 e. The van der Waals surface area contributed by atoms with Gasteiger partial charge < -0.3 is 19.8 Å². The second kappa shape index (κ2) is 8.93. The minimum Gasteiger partial charge on any atom is -0.492 e. The van der Waals surface area contributed by atoms with Crippen LogP contribution >= 0.6 is 0 Å². The fourth-order valence-corrected chi connectivity index (χ4v) is 2.85. The zero-order valence-corrected chi connectivity index (χ0v) is 15.5. The van der Waals surface area contributed by atoms with E-state index in [1.807, 2.05) is 67.1 Å². The molecule has 2 heterocycles. The van der Waals surface area contributed by atoms with Crippen LogP contribution < -0.4 is 15.4 Å². The number of para-hydroxylation sites is 1. The molecular weight excluding hydrogens is 344 g/mol. The smallest absolute Gasteiger partial charge is 0.314 e. The molecule has 0 saturated carbocycles. The number of rotatable bonds is 8. The van der Waals surface area contributed by atoms with Crippen LogP contribution in [0.2, 0.25) is 0 Å². The Morgan fingerprint density at radius 1 is 1.19 bits per heavy atom. The van der Waals surface area contributed by atoms with Gasteiger partial charge in [0.2, 0.25) is 0 Å². The molecule has 2 aromatic heterocycles. The highest BCUT2D eigenvalue weighted by Gasteiger charge is 2.20. The van der Waals surface area contributed by atoms with Gasteiger partial charge in [0, 0.05) is 12.2 Å². The monoisotopic (exact) mass is 368 g/mol. The Labute approximate surface area is 158 Å². The molecule has 0 aliphatic heterocycles. The normalized spacial score (nSPS) is 11.8. The van der Waals surface area contributed by atoms with Gasteiger partial charge in [-0.2, -0.15) is 5.10 Å². The van der Waals surface area contributed by atoms with Crippen LogP contribution in [0.4, 0.5) is 4.79 Å². The topological polar surface area (TPSA) is 81.3 Å². The van der Waals surface area contributed by atoms with E-state index >= 15 is 0 Å². The van der Waals surface area contributed by atoms with Gasteiger partial charge in [0.05, 0.1) is 18.5 Å². The van der Waals surface area contributed by atoms with Crippen LogP contribution in [0.25, 0.3) is 0 Å². The average molecular weight is 368 g/mol. The molecular formula is C20H24N4O3. The summed E-state index contributed by atoms with van der Waals surface area (Å²) in [7, 11) is 0. The lowest BCUT2D eigenvalue weighted by molar-refractivity contribution is 0.234. The summed E-state index contributed by atoms with van der Waals surface area (Å²) in [6.07, 6.45) is 1.62. The Balaban J connectivity index is 1.50. The Bertz CT molecular complexity index is 844. The van der Waals surface area contributed by atoms with Crippen molar-refractivity contribution < 1.29 is 13.9 Å². The summed E-state index contributed by atoms with van der Waals surface area (Å²) in [5.41, 5.74) is 1.93. The van der Waals surface area contributed by atoms with E-state index in [4.69, 9.17) is 9.15 Å². The molecule has 3 rings (SSSR count). The van der Waals surface area contributed by atoms with Gasteiger partial charge >= 0.3 is 6.03 Å². The minimum absolute atomic E-state index is 0.208. The molecule has 0 saturated heterocycles. The van der Waals surface area contributed by atoms with E-state index < -0.39 is 0 Å². The number of ether oxygens (including phenoxy) is 1. The second-order valence-corrected chi connectivity index (χ2v) is 6.20. The molecule has 0 spiro atoms. The number of benzene rings is 1. The molecule has 2 amide bonds. The van der Waals surface area contributed by atoms with Crippen molar-refractivity contribution in [2.45, 2.75) is 19.9 Å². The number of nitrogens with zero attached hydrogens (tertiary/aromatic N) is 2. The van der Waals surface area contributed by atoms with Crippen molar-refractivity contribution >= 4 is 6.03 Å². The van der Waals surface area contributed by atoms with Crippen LogP contribution in [0, 0.1) is 13.8 Å². The van der Waals surface area contributed by atoms with E-state index in [2.05, 4.69) is 15.7 Å². The molecule has 1 aromatic carbocycles. The van der Waals surface area contributed by atoms with Gasteiger partial charge in [0.1, 0.15) is 24.2 Å². The van der Waals surface area contributed by atoms with Crippen LogP contribution in [0.5, 0.6) is 5.75 Å². The third kappa shape index (κ3) is 5.13. The van der Waals surface area contributed by atoms with E-state index in [9.17, 15) is 4.79 Å². The number of nitrogens with one attached hydrogen (secondary N) is 2. The molecule has 142 valence electrons. The highest BCUT2D eigenvalue weighted by molar-refractivity contribution is 5.73. The summed E-state index contributed by atoms with van der Waals surface area (Å²) >= 11 is 0. The van der Waals surface area contributed by atoms with Crippen molar-refractivity contribution in [2.24, 2.45) is 0 Å². The number of aryl methyl sites for hydroxylation is 2. The maximum atomic E-state index is 12.1. The molecule has 3 aromatic rings. The molecule has 0 fully saturated rings. The first-order chi connectivity index (χ1) is 13.1. The summed E-state index contributed by atoms with van der Waals surface area (Å²) in [6, 6.07) is 14.7. The quantitative estimate of drug-likeness (QED) is 0.599. The Hall–Kier alpha value is -3.22. The highest BCUT2D eigenvalue weighted by atomic mass is 16.5. The number of carbonyl (C=O) groups is 1. The summed E-state index contributed by atoms with van der Waals surface area (Å²) in [5.74, 6) is 1.52. The number of hydrogen-bond acceptors (Lipinski definition) is 4. The van der Waals surface area contributed by atoms with Crippen LogP contribution in [0.1, 0.15) is 23.2 Å². The van der Waals surface area contributed by atoms with Crippen molar-refractivity contribution in [1.29, 1.82) is 0 Å². The molecule has 0 bridgehead atoms. The highest BCUT2D eigenvalue weighted by Crippen LogP contribution is 2.20. The lowest BCUT2D eigenvalue weighted by Crippen LogP contribution is -2.40. The predicted molar refractivity (Wildman–Crippen MR) is 102 cm³/mol. The zero-order chi connectivity index (χ0) is 19.1. The van der Waals surface area contributed by atoms with E-state index in [0.29, 0.717) is 19.7 Å². The van der Waals surface area contributed by atoms with E-state index in [1.165, 1.54) is 0 Å². The third-order valence-corrected chi connectivity index (χ3v) is 4.07. The Morgan fingerprint density at radius 3 is 2.67 bits per heavy atom. The molecule has 0 unspecified atom stereocenters. The van der Waals surface area contributed by atoms with Gasteiger partial charge in [-0.25, -0.2) is 4.79 Å². The van der Waals surface area contributed by atoms with Crippen LogP contribution in [0.3, 0.4) is 0 Å². The van der Waals surface area contributed by atoms with Crippen molar-refractivity contribution in [1.82, 2.24) is 20.4 Å². The number of carbonyl (C=O) groups excluding carboxylic acids is 1. The van der Waals surface area contributed by atoms with E-state index in [1.54, 1.807) is 6.26 Å². The average Bonchev–Trinajstić information content (AvgIpc) is 3.30. The van der Waals surface area contributed by atoms with Crippen molar-refractivity contribution in [2.75, 3.05) is 19.7 Å². The summed E-state index contributed by atoms with van der Waals surface area (Å²) in [5, 5.41) is 10.2. The van der Waals surface area contributed by atoms with Gasteiger partial charge in [-0.05, 0) is 44.2 Å². The van der Waals surface area contributed by atoms with Gasteiger partial charge in [-0.15, -0.1) is 0 Å². The number of aromatic nitrogens is 2. The van der Waals surface area contributed by atoms with Gasteiger partial charge in [-0.3, -0.25) is 4.68 Å². The lowest BCUT2D eigenvalue weighted by atomic mass is 10.2. The summed E-state index contributed by atoms with van der Waals surface area (Å²) in [4.78, 5) is 12.1. The van der Waals surface area contributed by atoms with Crippen LogP contribution in [-0.2, 0) is 0 Å². The summed E-state index contributed by atoms with van der Waals surface area (Å²) < 4.78 is 13.0. The number of furan rings is 1. The van der Waals surface area contributed by atoms with Crippen molar-refractivity contribution in [3.63, 3.8) is 0 Å². The van der Waals surface area contributed by atoms with Crippen molar-refractivity contribution in [3.8, 4) is 5.75 Å². The second-order valence-electron chi connectivity index (χ2n) is 6.20. The first kappa shape index (κ1) is 18.6. The molecule has 0 aliphatic rings. The summed E-state index contributed by atoms with van der Waals surface area (Å²) in [6.45, 7) is 5.09. The maximum absolute atomic E-state index is 12.1. The first-order valence-electron chi connectivity index (χ1n) is 8.89. The van der Waals surface area contributed by atoms with Crippen molar-refractivity contribution in [3.05, 3.63) is 71.9 Å². The SMILES string of the molecule is Cc1cc(C)n([C@@H](CNC(=O)NCCOc2ccccc2)c2ccco2)n1. The molecule has 1 atom stereocenters. The number of hydrogen-bond donors (Lipinski definition) is 2. The zero-order valence-electron chi connectivity index (χ0n) is 15.5. The molecule has 2 N–H and O–H groups in total. The molecule has 0 radical (unpaired) electrons. The number of urea groups is 1. The lowest BCUT2D eigenvalue weighted by Gasteiger charge is -2.18. The molecule has 0 aliphatic carbocycles. The predicted octanol–water partition coefficient (Wildman–Crippen LogP) is 3.06. The number of amides is 2. The fraction of sp³-hybridized carbons (Fsp3) is 0.300. The Kier molecular flexibility index (Phi) is 6.14. The maximum Gasteiger partial charge on any atom is 0.314 e. The fourth-order valence-electron chi connectivity index (χ4n) is 2.85. The molecule has 7 nitrogen and oxygen atoms in total. The van der Waals surface area contributed by atoms with Gasteiger partial charge in [0.25, 0.3) is 0 Å². The van der Waals surface area contributed by atoms with Gasteiger partial charge in [0.15, 0.2) is 0 Å². The minimum atomic E-state index is -0.259. The van der Waals surface area contributed by atoms with Gasteiger partial charge in [-0.1, -0.05) is 18.2 Å².